The summed E-state index contributed by atoms with van der Waals surface area (Å²) in [5, 5.41) is 9.28. The predicted octanol–water partition coefficient (Wildman–Crippen LogP) is 2.35. The molecule has 84 valence electrons. The molecular formula is C9H13O5P. The van der Waals surface area contributed by atoms with E-state index in [2.05, 4.69) is 4.67 Å². The first-order chi connectivity index (χ1) is 7.24. The van der Waals surface area contributed by atoms with Gasteiger partial charge in [0.25, 0.3) is 0 Å². The summed E-state index contributed by atoms with van der Waals surface area (Å²) in [6, 6.07) is 6.28. The monoisotopic (exact) mass is 232 g/mol. The lowest BCUT2D eigenvalue weighted by Gasteiger charge is -2.09. The Bertz CT molecular complexity index is 294. The number of rotatable bonds is 6. The fourth-order valence-electron chi connectivity index (χ4n) is 0.791. The summed E-state index contributed by atoms with van der Waals surface area (Å²) in [5.74, 6) is 0.0792. The van der Waals surface area contributed by atoms with Gasteiger partial charge in [0.2, 0.25) is 5.75 Å². The van der Waals surface area contributed by atoms with E-state index in [0.717, 1.165) is 6.42 Å². The van der Waals surface area contributed by atoms with Crippen molar-refractivity contribution in [2.75, 3.05) is 6.61 Å². The largest absolute Gasteiger partial charge is 0.504 e. The molecule has 15 heavy (non-hydrogen) atoms. The third-order valence-electron chi connectivity index (χ3n) is 1.46. The molecule has 5 nitrogen and oxygen atoms in total. The van der Waals surface area contributed by atoms with Crippen molar-refractivity contribution in [3.8, 4) is 11.5 Å². The van der Waals surface area contributed by atoms with Crippen molar-refractivity contribution in [3.63, 3.8) is 0 Å². The van der Waals surface area contributed by atoms with E-state index in [-0.39, 0.29) is 11.5 Å². The van der Waals surface area contributed by atoms with Gasteiger partial charge in [-0.15, -0.1) is 4.67 Å². The highest BCUT2D eigenvalue weighted by atomic mass is 31.2. The summed E-state index contributed by atoms with van der Waals surface area (Å²) in [7, 11) is -2.06. The van der Waals surface area contributed by atoms with Crippen LogP contribution in [-0.4, -0.2) is 16.6 Å². The first-order valence-electron chi connectivity index (χ1n) is 4.48. The van der Waals surface area contributed by atoms with Crippen molar-refractivity contribution in [1.82, 2.24) is 0 Å². The van der Waals surface area contributed by atoms with Crippen LogP contribution in [0.4, 0.5) is 0 Å². The van der Waals surface area contributed by atoms with E-state index in [4.69, 9.17) is 14.3 Å². The topological polar surface area (TPSA) is 68.2 Å². The second kappa shape index (κ2) is 6.58. The Hall–Kier alpha value is -0.870. The zero-order chi connectivity index (χ0) is 11.1. The first-order valence-corrected chi connectivity index (χ1v) is 5.61. The number of phenols is 1. The molecule has 2 N–H and O–H groups in total. The van der Waals surface area contributed by atoms with E-state index in [9.17, 15) is 5.11 Å². The number of phenolic OH excluding ortho intramolecular Hbond substituents is 1. The van der Waals surface area contributed by atoms with E-state index in [1.165, 1.54) is 12.1 Å². The molecule has 0 fully saturated rings. The number of hydrogen-bond donors (Lipinski definition) is 2. The molecule has 1 atom stereocenters. The Balaban J connectivity index is 2.33. The molecule has 0 saturated carbocycles. The Morgan fingerprint density at radius 1 is 1.33 bits per heavy atom. The van der Waals surface area contributed by atoms with Crippen LogP contribution in [0.5, 0.6) is 11.5 Å². The van der Waals surface area contributed by atoms with Crippen LogP contribution in [0.15, 0.2) is 24.3 Å². The van der Waals surface area contributed by atoms with E-state index in [1.54, 1.807) is 12.1 Å². The van der Waals surface area contributed by atoms with Gasteiger partial charge in [0.15, 0.2) is 5.75 Å². The lowest BCUT2D eigenvalue weighted by Crippen LogP contribution is -1.96. The molecule has 0 amide bonds. The fourth-order valence-corrected chi connectivity index (χ4v) is 1.32. The number of aromatic hydroxyl groups is 1. The van der Waals surface area contributed by atoms with E-state index >= 15 is 0 Å². The maximum Gasteiger partial charge on any atom is 0.373 e. The molecule has 0 radical (unpaired) electrons. The molecule has 0 spiro atoms. The average molecular weight is 232 g/mol. The Kier molecular flexibility index (Phi) is 5.36. The van der Waals surface area contributed by atoms with Gasteiger partial charge in [0.1, 0.15) is 0 Å². The molecule has 1 aromatic carbocycles. The second-order valence-electron chi connectivity index (χ2n) is 2.70. The van der Waals surface area contributed by atoms with Crippen molar-refractivity contribution in [3.05, 3.63) is 24.3 Å². The average Bonchev–Trinajstić information content (AvgIpc) is 2.25. The van der Waals surface area contributed by atoms with Crippen molar-refractivity contribution in [2.45, 2.75) is 13.3 Å². The normalized spacial score (nSPS) is 12.4. The Morgan fingerprint density at radius 3 is 2.73 bits per heavy atom. The highest BCUT2D eigenvalue weighted by Crippen LogP contribution is 2.35. The quantitative estimate of drug-likeness (QED) is 0.447. The van der Waals surface area contributed by atoms with Crippen LogP contribution in [0.3, 0.4) is 0 Å². The van der Waals surface area contributed by atoms with Gasteiger partial charge in [-0.2, -0.15) is 0 Å². The van der Waals surface area contributed by atoms with Crippen LogP contribution >= 0.6 is 8.60 Å². The summed E-state index contributed by atoms with van der Waals surface area (Å²) in [4.78, 5) is 13.8. The minimum absolute atomic E-state index is 0.0589. The SMILES string of the molecule is CCCOP(O)OOc1ccccc1O. The van der Waals surface area contributed by atoms with Crippen LogP contribution in [-0.2, 0) is 9.20 Å². The van der Waals surface area contributed by atoms with Crippen LogP contribution in [0, 0.1) is 0 Å². The molecule has 0 bridgehead atoms. The molecular weight excluding hydrogens is 219 g/mol. The minimum Gasteiger partial charge on any atom is -0.504 e. The molecule has 0 aliphatic carbocycles. The maximum absolute atomic E-state index is 9.28. The summed E-state index contributed by atoms with van der Waals surface area (Å²) in [6.07, 6.45) is 0.777. The van der Waals surface area contributed by atoms with E-state index in [1.807, 2.05) is 6.92 Å². The molecule has 0 aliphatic heterocycles. The van der Waals surface area contributed by atoms with E-state index in [0.29, 0.717) is 6.61 Å². The predicted molar refractivity (Wildman–Crippen MR) is 55.2 cm³/mol. The highest BCUT2D eigenvalue weighted by Gasteiger charge is 2.10. The zero-order valence-corrected chi connectivity index (χ0v) is 9.18. The van der Waals surface area contributed by atoms with Crippen molar-refractivity contribution in [2.24, 2.45) is 0 Å². The summed E-state index contributed by atoms with van der Waals surface area (Å²) >= 11 is 0. The number of hydrogen-bond acceptors (Lipinski definition) is 5. The van der Waals surface area contributed by atoms with Crippen molar-refractivity contribution >= 4 is 8.60 Å². The molecule has 1 rings (SSSR count). The fraction of sp³-hybridized carbons (Fsp3) is 0.333. The summed E-state index contributed by atoms with van der Waals surface area (Å²) in [6.45, 7) is 2.30. The summed E-state index contributed by atoms with van der Waals surface area (Å²) in [5.41, 5.74) is 0. The van der Waals surface area contributed by atoms with Crippen LogP contribution < -0.4 is 4.89 Å². The van der Waals surface area contributed by atoms with Gasteiger partial charge in [0.05, 0.1) is 6.61 Å². The van der Waals surface area contributed by atoms with Gasteiger partial charge < -0.3 is 19.4 Å². The van der Waals surface area contributed by atoms with Gasteiger partial charge in [-0.05, 0) is 18.6 Å². The van der Waals surface area contributed by atoms with Crippen LogP contribution in [0.25, 0.3) is 0 Å². The maximum atomic E-state index is 9.28. The number of benzene rings is 1. The molecule has 0 saturated heterocycles. The highest BCUT2D eigenvalue weighted by molar-refractivity contribution is 7.40. The van der Waals surface area contributed by atoms with Gasteiger partial charge in [-0.3, -0.25) is 0 Å². The molecule has 0 aliphatic rings. The van der Waals surface area contributed by atoms with Gasteiger partial charge in [0, 0.05) is 0 Å². The number of para-hydroxylation sites is 2. The van der Waals surface area contributed by atoms with E-state index < -0.39 is 8.60 Å². The lowest BCUT2D eigenvalue weighted by atomic mass is 10.3. The van der Waals surface area contributed by atoms with Gasteiger partial charge in [-0.1, -0.05) is 19.1 Å². The molecule has 1 unspecified atom stereocenters. The van der Waals surface area contributed by atoms with Gasteiger partial charge >= 0.3 is 8.60 Å². The van der Waals surface area contributed by atoms with Crippen LogP contribution in [0.2, 0.25) is 0 Å². The second-order valence-corrected chi connectivity index (χ2v) is 3.58. The molecule has 0 aromatic heterocycles. The lowest BCUT2D eigenvalue weighted by molar-refractivity contribution is -0.115. The third kappa shape index (κ3) is 4.44. The Labute approximate surface area is 89.1 Å². The molecule has 6 heteroatoms. The zero-order valence-electron chi connectivity index (χ0n) is 8.29. The standard InChI is InChI=1S/C9H13O5P/c1-2-7-12-15(11)14-13-9-6-4-3-5-8(9)10/h3-6,10-11H,2,7H2,1H3. The smallest absolute Gasteiger partial charge is 0.373 e. The van der Waals surface area contributed by atoms with Crippen molar-refractivity contribution in [1.29, 1.82) is 0 Å². The third-order valence-corrected chi connectivity index (χ3v) is 2.07. The Morgan fingerprint density at radius 2 is 2.07 bits per heavy atom. The van der Waals surface area contributed by atoms with Crippen molar-refractivity contribution < 1.29 is 24.1 Å². The molecule has 1 aromatic rings. The van der Waals surface area contributed by atoms with Gasteiger partial charge in [-0.25, -0.2) is 0 Å². The first kappa shape index (κ1) is 12.2. The minimum atomic E-state index is -2.06. The summed E-state index contributed by atoms with van der Waals surface area (Å²) < 4.78 is 9.39. The van der Waals surface area contributed by atoms with Crippen LogP contribution in [0.1, 0.15) is 13.3 Å². The molecule has 0 heterocycles.